The Bertz CT molecular complexity index is 248. The molecule has 0 saturated heterocycles. The summed E-state index contributed by atoms with van der Waals surface area (Å²) in [6.45, 7) is 8.01. The molecule has 0 bridgehead atoms. The van der Waals surface area contributed by atoms with E-state index in [-0.39, 0.29) is 0 Å². The largest absolute Gasteiger partial charge is 0.0758 e. The minimum absolute atomic E-state index is 1.07. The van der Waals surface area contributed by atoms with Gasteiger partial charge in [0.1, 0.15) is 0 Å². The second-order valence-electron chi connectivity index (χ2n) is 2.96. The maximum atomic E-state index is 3.82. The zero-order valence-electron chi connectivity index (χ0n) is 7.09. The van der Waals surface area contributed by atoms with Gasteiger partial charge in [0, 0.05) is 0 Å². The van der Waals surface area contributed by atoms with Gasteiger partial charge in [-0.15, -0.1) is 0 Å². The Balaban J connectivity index is 2.91. The van der Waals surface area contributed by atoms with Gasteiger partial charge in [-0.1, -0.05) is 35.9 Å². The van der Waals surface area contributed by atoms with Crippen molar-refractivity contribution < 1.29 is 0 Å². The van der Waals surface area contributed by atoms with Gasteiger partial charge in [0.15, 0.2) is 0 Å². The van der Waals surface area contributed by atoms with Crippen molar-refractivity contribution in [2.45, 2.75) is 13.8 Å². The predicted molar refractivity (Wildman–Crippen MR) is 50.2 cm³/mol. The monoisotopic (exact) mass is 145 g/mol. The first kappa shape index (κ1) is 8.06. The molecule has 0 atom stereocenters. The van der Waals surface area contributed by atoms with Crippen LogP contribution in [-0.4, -0.2) is 0 Å². The molecule has 0 saturated carbocycles. The minimum Gasteiger partial charge on any atom is -0.0758 e. The van der Waals surface area contributed by atoms with Gasteiger partial charge < -0.3 is 0 Å². The van der Waals surface area contributed by atoms with Gasteiger partial charge in [-0.3, -0.25) is 0 Å². The molecule has 1 rings (SSSR count). The maximum absolute atomic E-state index is 3.82. The van der Waals surface area contributed by atoms with Crippen LogP contribution in [0.15, 0.2) is 29.8 Å². The number of hydrogen-bond donors (Lipinski definition) is 0. The number of rotatable bonds is 1. The highest BCUT2D eigenvalue weighted by molar-refractivity contribution is 5.52. The number of benzene rings is 1. The van der Waals surface area contributed by atoms with Gasteiger partial charge in [0.2, 0.25) is 0 Å². The first-order chi connectivity index (χ1) is 5.18. The number of allylic oxidation sites excluding steroid dienone is 1. The maximum Gasteiger partial charge on any atom is -0.0238 e. The van der Waals surface area contributed by atoms with Gasteiger partial charge in [0.05, 0.1) is 0 Å². The normalized spacial score (nSPS) is 9.36. The third kappa shape index (κ3) is 2.58. The van der Waals surface area contributed by atoms with E-state index in [0.717, 1.165) is 5.56 Å². The van der Waals surface area contributed by atoms with Crippen LogP contribution in [0.5, 0.6) is 0 Å². The summed E-state index contributed by atoms with van der Waals surface area (Å²) in [6.07, 6.45) is 2.15. The fourth-order valence-corrected chi connectivity index (χ4v) is 0.947. The van der Waals surface area contributed by atoms with E-state index in [1.165, 1.54) is 11.1 Å². The highest BCUT2D eigenvalue weighted by Gasteiger charge is 1.86. The summed E-state index contributed by atoms with van der Waals surface area (Å²) in [6, 6.07) is 8.20. The Kier molecular flexibility index (Phi) is 2.48. The third-order valence-electron chi connectivity index (χ3n) is 1.44. The van der Waals surface area contributed by atoms with Gasteiger partial charge in [-0.2, -0.15) is 0 Å². The molecule has 1 radical (unpaired) electrons. The minimum atomic E-state index is 1.07. The standard InChI is InChI=1S/C11H13/c1-9(2)8-11-6-4-10(3)5-7-11/h4-8H,3H2,1-2H3. The first-order valence-electron chi connectivity index (χ1n) is 3.75. The van der Waals surface area contributed by atoms with E-state index in [1.807, 2.05) is 12.1 Å². The summed E-state index contributed by atoms with van der Waals surface area (Å²) < 4.78 is 0. The Labute approximate surface area is 68.6 Å². The van der Waals surface area contributed by atoms with Gasteiger partial charge in [-0.05, 0) is 31.9 Å². The molecule has 0 unspecified atom stereocenters. The van der Waals surface area contributed by atoms with Crippen molar-refractivity contribution in [1.29, 1.82) is 0 Å². The first-order valence-corrected chi connectivity index (χ1v) is 3.75. The van der Waals surface area contributed by atoms with Crippen LogP contribution in [0.2, 0.25) is 0 Å². The molecule has 0 spiro atoms. The lowest BCUT2D eigenvalue weighted by Crippen LogP contribution is -1.74. The molecule has 0 heteroatoms. The molecule has 0 amide bonds. The fraction of sp³-hybridized carbons (Fsp3) is 0.182. The second kappa shape index (κ2) is 3.38. The summed E-state index contributed by atoms with van der Waals surface area (Å²) in [7, 11) is 0. The molecule has 0 aliphatic carbocycles. The lowest BCUT2D eigenvalue weighted by atomic mass is 10.1. The smallest absolute Gasteiger partial charge is 0.0238 e. The van der Waals surface area contributed by atoms with Crippen LogP contribution in [0.25, 0.3) is 6.08 Å². The quantitative estimate of drug-likeness (QED) is 0.568. The van der Waals surface area contributed by atoms with E-state index in [2.05, 4.69) is 39.0 Å². The van der Waals surface area contributed by atoms with Crippen molar-refractivity contribution in [3.8, 4) is 0 Å². The van der Waals surface area contributed by atoms with E-state index < -0.39 is 0 Å². The molecule has 0 fully saturated rings. The molecule has 1 aromatic rings. The van der Waals surface area contributed by atoms with Crippen molar-refractivity contribution in [2.24, 2.45) is 0 Å². The van der Waals surface area contributed by atoms with Crippen LogP contribution < -0.4 is 0 Å². The Morgan fingerprint density at radius 3 is 2.18 bits per heavy atom. The molecule has 0 N–H and O–H groups in total. The van der Waals surface area contributed by atoms with Crippen molar-refractivity contribution in [1.82, 2.24) is 0 Å². The highest BCUT2D eigenvalue weighted by atomic mass is 13.9. The van der Waals surface area contributed by atoms with Crippen LogP contribution in [0.1, 0.15) is 25.0 Å². The molecule has 0 nitrogen and oxygen atoms in total. The van der Waals surface area contributed by atoms with Crippen LogP contribution in [0.3, 0.4) is 0 Å². The molecule has 0 aromatic heterocycles. The molecule has 0 heterocycles. The van der Waals surface area contributed by atoms with E-state index >= 15 is 0 Å². The summed E-state index contributed by atoms with van der Waals surface area (Å²) in [5, 5.41) is 0. The lowest BCUT2D eigenvalue weighted by molar-refractivity contribution is 1.42. The molecule has 11 heavy (non-hydrogen) atoms. The van der Waals surface area contributed by atoms with Crippen LogP contribution in [0.4, 0.5) is 0 Å². The Morgan fingerprint density at radius 2 is 1.73 bits per heavy atom. The third-order valence-corrected chi connectivity index (χ3v) is 1.44. The topological polar surface area (TPSA) is 0 Å². The number of hydrogen-bond acceptors (Lipinski definition) is 0. The summed E-state index contributed by atoms with van der Waals surface area (Å²) >= 11 is 0. The molecule has 0 aliphatic rings. The van der Waals surface area contributed by atoms with E-state index in [4.69, 9.17) is 0 Å². The Hall–Kier alpha value is -1.04. The summed E-state index contributed by atoms with van der Waals surface area (Å²) in [5.74, 6) is 0. The van der Waals surface area contributed by atoms with E-state index in [1.54, 1.807) is 0 Å². The highest BCUT2D eigenvalue weighted by Crippen LogP contribution is 2.07. The molecule has 0 aliphatic heterocycles. The molecular weight excluding hydrogens is 132 g/mol. The second-order valence-corrected chi connectivity index (χ2v) is 2.96. The summed E-state index contributed by atoms with van der Waals surface area (Å²) in [5.41, 5.74) is 3.63. The fourth-order valence-electron chi connectivity index (χ4n) is 0.947. The van der Waals surface area contributed by atoms with Crippen molar-refractivity contribution in [3.63, 3.8) is 0 Å². The van der Waals surface area contributed by atoms with Crippen molar-refractivity contribution in [2.75, 3.05) is 0 Å². The molecule has 1 aromatic carbocycles. The summed E-state index contributed by atoms with van der Waals surface area (Å²) in [4.78, 5) is 0. The van der Waals surface area contributed by atoms with Gasteiger partial charge >= 0.3 is 0 Å². The average Bonchev–Trinajstić information content (AvgIpc) is 1.93. The van der Waals surface area contributed by atoms with Gasteiger partial charge in [0.25, 0.3) is 0 Å². The van der Waals surface area contributed by atoms with Crippen LogP contribution in [0, 0.1) is 6.92 Å². The van der Waals surface area contributed by atoms with Crippen LogP contribution in [-0.2, 0) is 0 Å². The van der Waals surface area contributed by atoms with Crippen molar-refractivity contribution >= 4 is 6.08 Å². The molecular formula is C11H13. The Morgan fingerprint density at radius 1 is 1.18 bits per heavy atom. The zero-order valence-corrected chi connectivity index (χ0v) is 7.09. The zero-order chi connectivity index (χ0) is 8.27. The van der Waals surface area contributed by atoms with E-state index in [0.29, 0.717) is 0 Å². The van der Waals surface area contributed by atoms with Gasteiger partial charge in [-0.25, -0.2) is 0 Å². The SMILES string of the molecule is [CH2]c1ccc(C=C(C)C)cc1. The lowest BCUT2D eigenvalue weighted by Gasteiger charge is -1.95. The molecule has 57 valence electrons. The van der Waals surface area contributed by atoms with E-state index in [9.17, 15) is 0 Å². The average molecular weight is 145 g/mol. The van der Waals surface area contributed by atoms with Crippen LogP contribution >= 0.6 is 0 Å². The van der Waals surface area contributed by atoms with Crippen molar-refractivity contribution in [3.05, 3.63) is 47.9 Å². The predicted octanol–water partition coefficient (Wildman–Crippen LogP) is 3.29.